The molecule has 0 fully saturated rings. The van der Waals surface area contributed by atoms with Crippen molar-refractivity contribution in [2.75, 3.05) is 6.61 Å². The largest absolute Gasteiger partial charge is 0.463 e. The van der Waals surface area contributed by atoms with Crippen LogP contribution < -0.4 is 5.73 Å². The molecule has 0 amide bonds. The summed E-state index contributed by atoms with van der Waals surface area (Å²) in [7, 11) is 0. The Morgan fingerprint density at radius 2 is 2.08 bits per heavy atom. The number of nitrogens with two attached hydrogens (primary N) is 1. The normalized spacial score (nSPS) is 13.0. The molecule has 5 nitrogen and oxygen atoms in total. The molecular weight excluding hydrogens is 314 g/mol. The molecule has 0 saturated carbocycles. The fourth-order valence-corrected chi connectivity index (χ4v) is 2.68. The molecule has 0 radical (unpaired) electrons. The Morgan fingerprint density at radius 1 is 1.28 bits per heavy atom. The number of hydrogen-bond donors (Lipinski definition) is 1. The predicted octanol–water partition coefficient (Wildman–Crippen LogP) is 4.24. The zero-order valence-electron chi connectivity index (χ0n) is 13.8. The summed E-state index contributed by atoms with van der Waals surface area (Å²) in [5.41, 5.74) is 10.4. The van der Waals surface area contributed by atoms with Crippen LogP contribution in [0.15, 0.2) is 53.0 Å². The van der Waals surface area contributed by atoms with Gasteiger partial charge in [0, 0.05) is 17.6 Å². The van der Waals surface area contributed by atoms with Gasteiger partial charge in [0.2, 0.25) is 0 Å². The minimum atomic E-state index is -0.373. The molecule has 3 rings (SSSR count). The van der Waals surface area contributed by atoms with E-state index < -0.39 is 0 Å². The number of nitrogens with zero attached hydrogens (tertiary/aromatic N) is 2. The zero-order chi connectivity index (χ0) is 17.8. The molecule has 2 N–H and O–H groups in total. The highest BCUT2D eigenvalue weighted by Gasteiger charge is 2.17. The molecule has 0 unspecified atom stereocenters. The van der Waals surface area contributed by atoms with Gasteiger partial charge in [-0.1, -0.05) is 30.3 Å². The van der Waals surface area contributed by atoms with Crippen molar-refractivity contribution in [2.24, 2.45) is 10.7 Å². The van der Waals surface area contributed by atoms with Gasteiger partial charge in [0.1, 0.15) is 5.84 Å². The van der Waals surface area contributed by atoms with Crippen molar-refractivity contribution in [3.8, 4) is 11.1 Å². The number of fused-ring (bicyclic) bond motifs is 1. The molecule has 1 aliphatic heterocycles. The van der Waals surface area contributed by atoms with Crippen LogP contribution in [0.5, 0.6) is 0 Å². The molecule has 5 heteroatoms. The number of carbonyl (C=O) groups is 1. The Bertz CT molecular complexity index is 936. The van der Waals surface area contributed by atoms with Gasteiger partial charge < -0.3 is 10.5 Å². The summed E-state index contributed by atoms with van der Waals surface area (Å²) in [6.07, 6.45) is 2.03. The van der Waals surface area contributed by atoms with Crippen molar-refractivity contribution in [2.45, 2.75) is 13.3 Å². The number of rotatable bonds is 3. The van der Waals surface area contributed by atoms with Crippen LogP contribution in [0.1, 0.15) is 18.9 Å². The number of hydrogen-bond acceptors (Lipinski definition) is 4. The molecule has 2 aromatic carbocycles. The fourth-order valence-electron chi connectivity index (χ4n) is 2.68. The Kier molecular flexibility index (Phi) is 4.62. The quantitative estimate of drug-likeness (QED) is 0.675. The van der Waals surface area contributed by atoms with Gasteiger partial charge in [0.05, 0.1) is 18.9 Å². The molecule has 0 aliphatic carbocycles. The van der Waals surface area contributed by atoms with E-state index in [1.54, 1.807) is 19.1 Å². The second-order valence-corrected chi connectivity index (χ2v) is 5.61. The lowest BCUT2D eigenvalue weighted by Crippen LogP contribution is -2.16. The van der Waals surface area contributed by atoms with Crippen molar-refractivity contribution in [1.82, 2.24) is 0 Å². The lowest BCUT2D eigenvalue weighted by atomic mass is 10.0. The van der Waals surface area contributed by atoms with E-state index in [0.717, 1.165) is 16.7 Å². The van der Waals surface area contributed by atoms with E-state index in [1.165, 1.54) is 0 Å². The van der Waals surface area contributed by atoms with Crippen molar-refractivity contribution in [3.05, 3.63) is 65.0 Å². The van der Waals surface area contributed by atoms with E-state index in [1.807, 2.05) is 36.4 Å². The third-order valence-corrected chi connectivity index (χ3v) is 3.84. The molecule has 124 valence electrons. The van der Waals surface area contributed by atoms with Gasteiger partial charge in [0.25, 0.3) is 0 Å². The Morgan fingerprint density at radius 3 is 2.84 bits per heavy atom. The van der Waals surface area contributed by atoms with Gasteiger partial charge in [-0.15, -0.1) is 0 Å². The molecule has 0 bridgehead atoms. The van der Waals surface area contributed by atoms with Gasteiger partial charge in [-0.25, -0.2) is 14.6 Å². The third kappa shape index (κ3) is 3.59. The van der Waals surface area contributed by atoms with Crippen LogP contribution in [0.25, 0.3) is 22.0 Å². The first-order valence-corrected chi connectivity index (χ1v) is 7.93. The maximum atomic E-state index is 12.0. The maximum Gasteiger partial charge on any atom is 0.334 e. The van der Waals surface area contributed by atoms with E-state index in [0.29, 0.717) is 29.4 Å². The summed E-state index contributed by atoms with van der Waals surface area (Å²) in [5, 5.41) is 0. The van der Waals surface area contributed by atoms with Crippen LogP contribution in [0.3, 0.4) is 0 Å². The molecule has 2 aromatic rings. The first-order chi connectivity index (χ1) is 12.1. The highest BCUT2D eigenvalue weighted by molar-refractivity contribution is 6.03. The van der Waals surface area contributed by atoms with Crippen molar-refractivity contribution in [1.29, 1.82) is 0 Å². The number of benzene rings is 2. The summed E-state index contributed by atoms with van der Waals surface area (Å²) < 4.78 is 5.07. The summed E-state index contributed by atoms with van der Waals surface area (Å²) >= 11 is 0. The monoisotopic (exact) mass is 331 g/mol. The SMILES string of the molecule is [C-]#[N+]c1cccc(-c2ccc3c(c2)N=C(N)CC(C(=O)OCC)=C3)c1. The van der Waals surface area contributed by atoms with Gasteiger partial charge in [-0.2, -0.15) is 0 Å². The zero-order valence-corrected chi connectivity index (χ0v) is 13.8. The average molecular weight is 331 g/mol. The van der Waals surface area contributed by atoms with Gasteiger partial charge in [-0.3, -0.25) is 0 Å². The van der Waals surface area contributed by atoms with Gasteiger partial charge in [-0.05, 0) is 36.3 Å². The minimum absolute atomic E-state index is 0.260. The van der Waals surface area contributed by atoms with Crippen molar-refractivity contribution >= 4 is 29.3 Å². The average Bonchev–Trinajstić information content (AvgIpc) is 2.79. The topological polar surface area (TPSA) is 69.0 Å². The van der Waals surface area contributed by atoms with E-state index in [9.17, 15) is 4.79 Å². The number of esters is 1. The lowest BCUT2D eigenvalue weighted by molar-refractivity contribution is -0.138. The van der Waals surface area contributed by atoms with Crippen LogP contribution in [0, 0.1) is 6.57 Å². The van der Waals surface area contributed by atoms with E-state index in [2.05, 4.69) is 9.84 Å². The second kappa shape index (κ2) is 7.02. The smallest absolute Gasteiger partial charge is 0.334 e. The standard InChI is InChI=1S/C20H17N3O2/c1-3-25-20(24)16-9-15-8-7-14(11-18(15)23-19(21)12-16)13-5-4-6-17(10-13)22-2/h4-11H,3,12H2,1H3,(H2,21,23). The highest BCUT2D eigenvalue weighted by Crippen LogP contribution is 2.32. The van der Waals surface area contributed by atoms with Gasteiger partial charge >= 0.3 is 5.97 Å². The molecule has 0 saturated heterocycles. The molecule has 0 atom stereocenters. The Balaban J connectivity index is 2.04. The number of ether oxygens (including phenoxy) is 1. The number of amidine groups is 1. The van der Waals surface area contributed by atoms with Crippen molar-refractivity contribution < 1.29 is 9.53 Å². The Hall–Kier alpha value is -3.39. The first kappa shape index (κ1) is 16.5. The third-order valence-electron chi connectivity index (χ3n) is 3.84. The molecule has 25 heavy (non-hydrogen) atoms. The fraction of sp³-hybridized carbons (Fsp3) is 0.150. The van der Waals surface area contributed by atoms with E-state index in [-0.39, 0.29) is 12.4 Å². The summed E-state index contributed by atoms with van der Waals surface area (Å²) in [5.74, 6) is -0.00699. The predicted molar refractivity (Wildman–Crippen MR) is 98.6 cm³/mol. The molecule has 1 heterocycles. The van der Waals surface area contributed by atoms with Crippen molar-refractivity contribution in [3.63, 3.8) is 0 Å². The molecular formula is C20H17N3O2. The molecule has 0 aromatic heterocycles. The minimum Gasteiger partial charge on any atom is -0.463 e. The van der Waals surface area contributed by atoms with E-state index >= 15 is 0 Å². The van der Waals surface area contributed by atoms with Crippen LogP contribution in [0.2, 0.25) is 0 Å². The van der Waals surface area contributed by atoms with Crippen LogP contribution in [0.4, 0.5) is 11.4 Å². The summed E-state index contributed by atoms with van der Waals surface area (Å²) in [6.45, 7) is 9.23. The molecule has 1 aliphatic rings. The Labute approximate surface area is 146 Å². The first-order valence-electron chi connectivity index (χ1n) is 7.93. The number of carbonyl (C=O) groups excluding carboxylic acids is 1. The summed E-state index contributed by atoms with van der Waals surface area (Å²) in [6, 6.07) is 13.2. The van der Waals surface area contributed by atoms with Gasteiger partial charge in [0.15, 0.2) is 5.69 Å². The van der Waals surface area contributed by atoms with Crippen LogP contribution in [-0.4, -0.2) is 18.4 Å². The van der Waals surface area contributed by atoms with E-state index in [4.69, 9.17) is 17.0 Å². The van der Waals surface area contributed by atoms with Crippen LogP contribution in [-0.2, 0) is 9.53 Å². The number of aliphatic imine (C=N–C) groups is 1. The highest BCUT2D eigenvalue weighted by atomic mass is 16.5. The van der Waals surface area contributed by atoms with Crippen LogP contribution >= 0.6 is 0 Å². The lowest BCUT2D eigenvalue weighted by Gasteiger charge is -2.07. The summed E-state index contributed by atoms with van der Waals surface area (Å²) in [4.78, 5) is 19.9. The molecule has 0 spiro atoms. The second-order valence-electron chi connectivity index (χ2n) is 5.61. The maximum absolute atomic E-state index is 12.0.